The van der Waals surface area contributed by atoms with Crippen LogP contribution >= 0.6 is 0 Å². The van der Waals surface area contributed by atoms with Gasteiger partial charge in [0, 0.05) is 29.8 Å². The van der Waals surface area contributed by atoms with Crippen molar-refractivity contribution in [2.75, 3.05) is 5.32 Å². The first-order valence-electron chi connectivity index (χ1n) is 10.1. The Morgan fingerprint density at radius 3 is 2.44 bits per heavy atom. The van der Waals surface area contributed by atoms with Crippen LogP contribution < -0.4 is 10.6 Å². The van der Waals surface area contributed by atoms with Gasteiger partial charge >= 0.3 is 5.97 Å². The van der Waals surface area contributed by atoms with Crippen LogP contribution in [0.15, 0.2) is 72.8 Å². The summed E-state index contributed by atoms with van der Waals surface area (Å²) in [7, 11) is 0. The van der Waals surface area contributed by atoms with Crippen molar-refractivity contribution in [3.05, 3.63) is 101 Å². The number of hydrogen-bond donors (Lipinski definition) is 2. The van der Waals surface area contributed by atoms with Crippen molar-refractivity contribution >= 4 is 23.5 Å². The van der Waals surface area contributed by atoms with Crippen molar-refractivity contribution in [3.8, 4) is 0 Å². The average molecular weight is 432 g/mol. The SMILES string of the molecule is CC1(C(=O)Nc2ccc(C(=O)NCc3ccccc3F)cc2)Cc2ccccc2C(=O)O1. The van der Waals surface area contributed by atoms with Crippen molar-refractivity contribution in [3.63, 3.8) is 0 Å². The monoisotopic (exact) mass is 432 g/mol. The zero-order valence-corrected chi connectivity index (χ0v) is 17.4. The Hall–Kier alpha value is -4.00. The molecule has 1 atom stereocenters. The average Bonchev–Trinajstić information content (AvgIpc) is 2.79. The summed E-state index contributed by atoms with van der Waals surface area (Å²) < 4.78 is 19.1. The summed E-state index contributed by atoms with van der Waals surface area (Å²) in [6, 6.07) is 19.5. The molecule has 0 saturated heterocycles. The summed E-state index contributed by atoms with van der Waals surface area (Å²) in [4.78, 5) is 37.5. The standard InChI is InChI=1S/C25H21FN2O4/c1-25(14-17-6-2-4-8-20(17)23(30)32-25)24(31)28-19-12-10-16(11-13-19)22(29)27-15-18-7-3-5-9-21(18)26/h2-13H,14-15H2,1H3,(H,27,29)(H,28,31). The quantitative estimate of drug-likeness (QED) is 0.600. The van der Waals surface area contributed by atoms with Crippen LogP contribution in [0.5, 0.6) is 0 Å². The Kier molecular flexibility index (Phi) is 5.73. The number of anilines is 1. The third-order valence-corrected chi connectivity index (χ3v) is 5.37. The lowest BCUT2D eigenvalue weighted by molar-refractivity contribution is -0.134. The smallest absolute Gasteiger partial charge is 0.339 e. The molecule has 2 N–H and O–H groups in total. The molecule has 1 heterocycles. The summed E-state index contributed by atoms with van der Waals surface area (Å²) in [6.07, 6.45) is 0.261. The van der Waals surface area contributed by atoms with E-state index < -0.39 is 17.5 Å². The van der Waals surface area contributed by atoms with Gasteiger partial charge in [-0.1, -0.05) is 36.4 Å². The number of fused-ring (bicyclic) bond motifs is 1. The van der Waals surface area contributed by atoms with E-state index in [0.717, 1.165) is 5.56 Å². The maximum Gasteiger partial charge on any atom is 0.339 e. The molecular weight excluding hydrogens is 411 g/mol. The van der Waals surface area contributed by atoms with Crippen LogP contribution in [-0.4, -0.2) is 23.4 Å². The Balaban J connectivity index is 1.39. The Morgan fingerprint density at radius 1 is 1.00 bits per heavy atom. The molecule has 1 aliphatic heterocycles. The largest absolute Gasteiger partial charge is 0.445 e. The molecule has 6 nitrogen and oxygen atoms in total. The number of esters is 1. The third kappa shape index (κ3) is 4.37. The van der Waals surface area contributed by atoms with E-state index in [4.69, 9.17) is 4.74 Å². The second kappa shape index (κ2) is 8.63. The minimum Gasteiger partial charge on any atom is -0.445 e. The fourth-order valence-corrected chi connectivity index (χ4v) is 3.55. The molecule has 7 heteroatoms. The van der Waals surface area contributed by atoms with E-state index in [9.17, 15) is 18.8 Å². The predicted octanol–water partition coefficient (Wildman–Crippen LogP) is 3.87. The highest BCUT2D eigenvalue weighted by Gasteiger charge is 2.42. The summed E-state index contributed by atoms with van der Waals surface area (Å²) >= 11 is 0. The van der Waals surface area contributed by atoms with E-state index in [1.807, 2.05) is 6.07 Å². The van der Waals surface area contributed by atoms with Gasteiger partial charge in [-0.05, 0) is 48.9 Å². The topological polar surface area (TPSA) is 84.5 Å². The fourth-order valence-electron chi connectivity index (χ4n) is 3.55. The van der Waals surface area contributed by atoms with Crippen molar-refractivity contribution in [2.24, 2.45) is 0 Å². The highest BCUT2D eigenvalue weighted by molar-refractivity contribution is 6.02. The van der Waals surface area contributed by atoms with E-state index in [-0.39, 0.29) is 24.7 Å². The third-order valence-electron chi connectivity index (χ3n) is 5.37. The normalized spacial score (nSPS) is 17.1. The van der Waals surface area contributed by atoms with Crippen molar-refractivity contribution in [1.82, 2.24) is 5.32 Å². The molecule has 0 aromatic heterocycles. The zero-order chi connectivity index (χ0) is 22.7. The molecule has 0 spiro atoms. The van der Waals surface area contributed by atoms with Crippen LogP contribution in [0.4, 0.5) is 10.1 Å². The van der Waals surface area contributed by atoms with Gasteiger partial charge in [-0.3, -0.25) is 9.59 Å². The van der Waals surface area contributed by atoms with E-state index in [1.54, 1.807) is 67.6 Å². The zero-order valence-electron chi connectivity index (χ0n) is 17.4. The van der Waals surface area contributed by atoms with Crippen LogP contribution in [0.2, 0.25) is 0 Å². The highest BCUT2D eigenvalue weighted by Crippen LogP contribution is 2.29. The van der Waals surface area contributed by atoms with Gasteiger partial charge in [0.25, 0.3) is 11.8 Å². The van der Waals surface area contributed by atoms with E-state index in [2.05, 4.69) is 10.6 Å². The molecule has 32 heavy (non-hydrogen) atoms. The van der Waals surface area contributed by atoms with Gasteiger partial charge in [0.2, 0.25) is 0 Å². The van der Waals surface area contributed by atoms with Gasteiger partial charge in [0.05, 0.1) is 5.56 Å². The molecule has 2 amide bonds. The van der Waals surface area contributed by atoms with Gasteiger partial charge in [0.15, 0.2) is 5.60 Å². The molecule has 0 saturated carbocycles. The Morgan fingerprint density at radius 2 is 1.69 bits per heavy atom. The number of benzene rings is 3. The molecule has 1 aliphatic rings. The first kappa shape index (κ1) is 21.2. The lowest BCUT2D eigenvalue weighted by Gasteiger charge is -2.33. The molecule has 0 aliphatic carbocycles. The number of hydrogen-bond acceptors (Lipinski definition) is 4. The van der Waals surface area contributed by atoms with Gasteiger partial charge in [-0.25, -0.2) is 9.18 Å². The molecule has 162 valence electrons. The van der Waals surface area contributed by atoms with Crippen molar-refractivity contribution in [2.45, 2.75) is 25.5 Å². The highest BCUT2D eigenvalue weighted by atomic mass is 19.1. The van der Waals surface area contributed by atoms with Crippen molar-refractivity contribution in [1.29, 1.82) is 0 Å². The molecule has 0 fully saturated rings. The molecule has 4 rings (SSSR count). The maximum absolute atomic E-state index is 13.7. The second-order valence-corrected chi connectivity index (χ2v) is 7.76. The van der Waals surface area contributed by atoms with Crippen LogP contribution in [0, 0.1) is 5.82 Å². The number of ether oxygens (including phenoxy) is 1. The Labute approximate surface area is 184 Å². The van der Waals surface area contributed by atoms with Crippen LogP contribution in [0.25, 0.3) is 0 Å². The van der Waals surface area contributed by atoms with Crippen molar-refractivity contribution < 1.29 is 23.5 Å². The number of carbonyl (C=O) groups excluding carboxylic acids is 3. The maximum atomic E-state index is 13.7. The number of rotatable bonds is 5. The first-order valence-corrected chi connectivity index (χ1v) is 10.1. The van der Waals surface area contributed by atoms with E-state index in [0.29, 0.717) is 22.4 Å². The first-order chi connectivity index (χ1) is 15.4. The van der Waals surface area contributed by atoms with Crippen LogP contribution in [0.1, 0.15) is 38.8 Å². The summed E-state index contributed by atoms with van der Waals surface area (Å²) in [5.41, 5.74) is 1.08. The molecule has 1 unspecified atom stereocenters. The minimum absolute atomic E-state index is 0.0647. The lowest BCUT2D eigenvalue weighted by atomic mass is 9.89. The minimum atomic E-state index is -1.35. The number of nitrogens with one attached hydrogen (secondary N) is 2. The summed E-state index contributed by atoms with van der Waals surface area (Å²) in [5, 5.41) is 5.40. The molecule has 3 aromatic rings. The molecular formula is C25H21FN2O4. The van der Waals surface area contributed by atoms with Crippen LogP contribution in [-0.2, 0) is 22.5 Å². The number of amides is 2. The van der Waals surface area contributed by atoms with Crippen LogP contribution in [0.3, 0.4) is 0 Å². The van der Waals surface area contributed by atoms with Gasteiger partial charge < -0.3 is 15.4 Å². The van der Waals surface area contributed by atoms with Gasteiger partial charge in [-0.2, -0.15) is 0 Å². The van der Waals surface area contributed by atoms with Gasteiger partial charge in [-0.15, -0.1) is 0 Å². The van der Waals surface area contributed by atoms with E-state index >= 15 is 0 Å². The summed E-state index contributed by atoms with van der Waals surface area (Å²) in [5.74, 6) is -1.75. The summed E-state index contributed by atoms with van der Waals surface area (Å²) in [6.45, 7) is 1.63. The predicted molar refractivity (Wildman–Crippen MR) is 117 cm³/mol. The molecule has 3 aromatic carbocycles. The van der Waals surface area contributed by atoms with Gasteiger partial charge in [0.1, 0.15) is 5.82 Å². The molecule has 0 bridgehead atoms. The Bertz CT molecular complexity index is 1190. The number of cyclic esters (lactones) is 1. The number of halogens is 1. The van der Waals surface area contributed by atoms with E-state index in [1.165, 1.54) is 6.07 Å². The number of carbonyl (C=O) groups is 3. The second-order valence-electron chi connectivity index (χ2n) is 7.76. The molecule has 0 radical (unpaired) electrons. The lowest BCUT2D eigenvalue weighted by Crippen LogP contribution is -2.48. The fraction of sp³-hybridized carbons (Fsp3) is 0.160.